The van der Waals surface area contributed by atoms with E-state index < -0.39 is 10.9 Å². The Labute approximate surface area is 105 Å². The fourth-order valence-electron chi connectivity index (χ4n) is 1.35. The van der Waals surface area contributed by atoms with E-state index in [1.807, 2.05) is 13.8 Å². The maximum atomic E-state index is 10.4. The molecule has 1 unspecified atom stereocenters. The van der Waals surface area contributed by atoms with Gasteiger partial charge in [0.1, 0.15) is 0 Å². The van der Waals surface area contributed by atoms with Crippen LogP contribution in [0.3, 0.4) is 0 Å². The SMILES string of the molecule is CC(C)CC(CC(=O)O)C[N+](=O)[O-].[Na+]. The largest absolute Gasteiger partial charge is 1.00 e. The summed E-state index contributed by atoms with van der Waals surface area (Å²) in [6, 6.07) is 0. The molecule has 0 aromatic carbocycles. The van der Waals surface area contributed by atoms with E-state index >= 15 is 0 Å². The first kappa shape index (κ1) is 16.3. The zero-order chi connectivity index (χ0) is 10.4. The van der Waals surface area contributed by atoms with E-state index in [9.17, 15) is 14.9 Å². The van der Waals surface area contributed by atoms with Crippen molar-refractivity contribution in [1.29, 1.82) is 0 Å². The molecule has 0 fully saturated rings. The fourth-order valence-corrected chi connectivity index (χ4v) is 1.35. The number of nitro groups is 1. The summed E-state index contributed by atoms with van der Waals surface area (Å²) in [6.07, 6.45) is 0.479. The van der Waals surface area contributed by atoms with Gasteiger partial charge in [0.25, 0.3) is 0 Å². The third-order valence-corrected chi connectivity index (χ3v) is 1.68. The van der Waals surface area contributed by atoms with Gasteiger partial charge in [-0.05, 0) is 12.3 Å². The molecule has 1 N–H and O–H groups in total. The molecule has 14 heavy (non-hydrogen) atoms. The van der Waals surface area contributed by atoms with Crippen LogP contribution < -0.4 is 29.6 Å². The first-order chi connectivity index (χ1) is 5.91. The second-order valence-electron chi connectivity index (χ2n) is 3.61. The van der Waals surface area contributed by atoms with Crippen molar-refractivity contribution in [2.45, 2.75) is 26.7 Å². The summed E-state index contributed by atoms with van der Waals surface area (Å²) in [5.74, 6) is -1.01. The van der Waals surface area contributed by atoms with Gasteiger partial charge < -0.3 is 5.11 Å². The molecule has 0 saturated carbocycles. The van der Waals surface area contributed by atoms with Crippen molar-refractivity contribution in [3.63, 3.8) is 0 Å². The number of carboxylic acids is 1. The van der Waals surface area contributed by atoms with E-state index in [-0.39, 0.29) is 48.4 Å². The molecule has 76 valence electrons. The molecule has 0 amide bonds. The Morgan fingerprint density at radius 2 is 2.00 bits per heavy atom. The zero-order valence-corrected chi connectivity index (χ0v) is 10.9. The molecule has 0 aliphatic carbocycles. The average molecular weight is 212 g/mol. The van der Waals surface area contributed by atoms with Crippen LogP contribution in [0.2, 0.25) is 0 Å². The molecule has 0 heterocycles. The van der Waals surface area contributed by atoms with Crippen LogP contribution in [0, 0.1) is 22.0 Å². The number of hydrogen-bond donors (Lipinski definition) is 1. The number of nitrogens with zero attached hydrogens (tertiary/aromatic N) is 1. The van der Waals surface area contributed by atoms with Gasteiger partial charge in [0.2, 0.25) is 6.54 Å². The summed E-state index contributed by atoms with van der Waals surface area (Å²) in [6.45, 7) is 3.61. The molecule has 6 heteroatoms. The average Bonchev–Trinajstić information content (AvgIpc) is 1.80. The standard InChI is InChI=1S/C8H15NO4.Na/c1-6(2)3-7(4-8(10)11)5-9(12)13;/h6-7H,3-5H2,1-2H3,(H,10,11);/q;+1. The fraction of sp³-hybridized carbons (Fsp3) is 0.875. The van der Waals surface area contributed by atoms with Crippen LogP contribution in [0.1, 0.15) is 26.7 Å². The molecule has 5 nitrogen and oxygen atoms in total. The van der Waals surface area contributed by atoms with Crippen LogP contribution >= 0.6 is 0 Å². The predicted molar refractivity (Wildman–Crippen MR) is 47.1 cm³/mol. The molecular weight excluding hydrogens is 197 g/mol. The molecule has 0 aliphatic rings. The molecule has 0 rings (SSSR count). The van der Waals surface area contributed by atoms with Crippen molar-refractivity contribution in [3.8, 4) is 0 Å². The summed E-state index contributed by atoms with van der Waals surface area (Å²) >= 11 is 0. The minimum atomic E-state index is -0.965. The van der Waals surface area contributed by atoms with Gasteiger partial charge in [-0.3, -0.25) is 14.9 Å². The van der Waals surface area contributed by atoms with Crippen LogP contribution in [-0.4, -0.2) is 22.5 Å². The van der Waals surface area contributed by atoms with Crippen LogP contribution in [0.4, 0.5) is 0 Å². The summed E-state index contributed by atoms with van der Waals surface area (Å²) in [5.41, 5.74) is 0. The van der Waals surface area contributed by atoms with Crippen LogP contribution in [-0.2, 0) is 4.79 Å². The van der Waals surface area contributed by atoms with E-state index in [1.54, 1.807) is 0 Å². The molecule has 0 aromatic heterocycles. The van der Waals surface area contributed by atoms with Gasteiger partial charge in [0, 0.05) is 10.8 Å². The Morgan fingerprint density at radius 3 is 2.29 bits per heavy atom. The van der Waals surface area contributed by atoms with E-state index in [1.165, 1.54) is 0 Å². The van der Waals surface area contributed by atoms with E-state index in [0.717, 1.165) is 0 Å². The summed E-state index contributed by atoms with van der Waals surface area (Å²) in [7, 11) is 0. The predicted octanol–water partition coefficient (Wildman–Crippen LogP) is -1.60. The normalized spacial score (nSPS) is 11.9. The maximum Gasteiger partial charge on any atom is 1.00 e. The van der Waals surface area contributed by atoms with Crippen LogP contribution in [0.25, 0.3) is 0 Å². The number of aliphatic carboxylic acids is 1. The molecule has 1 atom stereocenters. The van der Waals surface area contributed by atoms with Crippen molar-refractivity contribution in [2.24, 2.45) is 11.8 Å². The van der Waals surface area contributed by atoms with Crippen molar-refractivity contribution >= 4 is 5.97 Å². The number of hydrogen-bond acceptors (Lipinski definition) is 3. The van der Waals surface area contributed by atoms with Gasteiger partial charge in [0.15, 0.2) is 0 Å². The minimum absolute atomic E-state index is 0. The van der Waals surface area contributed by atoms with Gasteiger partial charge in [0.05, 0.1) is 6.42 Å². The molecular formula is C8H15NNaO4+. The maximum absolute atomic E-state index is 10.4. The van der Waals surface area contributed by atoms with Crippen LogP contribution in [0.15, 0.2) is 0 Å². The molecule has 0 saturated heterocycles. The van der Waals surface area contributed by atoms with Crippen molar-refractivity contribution in [2.75, 3.05) is 6.54 Å². The first-order valence-corrected chi connectivity index (χ1v) is 4.25. The summed E-state index contributed by atoms with van der Waals surface area (Å²) < 4.78 is 0. The van der Waals surface area contributed by atoms with Crippen molar-refractivity contribution in [3.05, 3.63) is 10.1 Å². The van der Waals surface area contributed by atoms with E-state index in [0.29, 0.717) is 12.3 Å². The first-order valence-electron chi connectivity index (χ1n) is 4.25. The third kappa shape index (κ3) is 9.95. The zero-order valence-electron chi connectivity index (χ0n) is 8.90. The second-order valence-corrected chi connectivity index (χ2v) is 3.61. The van der Waals surface area contributed by atoms with Gasteiger partial charge in [-0.15, -0.1) is 0 Å². The minimum Gasteiger partial charge on any atom is -0.481 e. The third-order valence-electron chi connectivity index (χ3n) is 1.68. The number of carbonyl (C=O) groups is 1. The molecule has 0 radical (unpaired) electrons. The van der Waals surface area contributed by atoms with Gasteiger partial charge in [-0.1, -0.05) is 13.8 Å². The summed E-state index contributed by atoms with van der Waals surface area (Å²) in [5, 5.41) is 18.7. The Hall–Kier alpha value is -0.130. The smallest absolute Gasteiger partial charge is 0.481 e. The Kier molecular flexibility index (Phi) is 9.55. The Morgan fingerprint density at radius 1 is 1.50 bits per heavy atom. The molecule has 0 aromatic rings. The van der Waals surface area contributed by atoms with Gasteiger partial charge in [-0.25, -0.2) is 0 Å². The quantitative estimate of drug-likeness (QED) is 0.327. The van der Waals surface area contributed by atoms with Gasteiger partial charge in [-0.2, -0.15) is 0 Å². The number of rotatable bonds is 6. The molecule has 0 aliphatic heterocycles. The van der Waals surface area contributed by atoms with E-state index in [4.69, 9.17) is 5.11 Å². The van der Waals surface area contributed by atoms with E-state index in [2.05, 4.69) is 0 Å². The molecule has 0 bridgehead atoms. The monoisotopic (exact) mass is 212 g/mol. The summed E-state index contributed by atoms with van der Waals surface area (Å²) in [4.78, 5) is 20.1. The van der Waals surface area contributed by atoms with Gasteiger partial charge >= 0.3 is 35.5 Å². The molecule has 0 spiro atoms. The van der Waals surface area contributed by atoms with Crippen molar-refractivity contribution in [1.82, 2.24) is 0 Å². The Balaban J connectivity index is 0. The van der Waals surface area contributed by atoms with Crippen LogP contribution in [0.5, 0.6) is 0 Å². The second kappa shape index (κ2) is 8.20. The Bertz CT molecular complexity index is 180. The topological polar surface area (TPSA) is 80.4 Å². The number of carboxylic acid groups (broad SMARTS) is 1. The van der Waals surface area contributed by atoms with Crippen molar-refractivity contribution < 1.29 is 44.4 Å².